The monoisotopic (exact) mass is 300 g/mol. The van der Waals surface area contributed by atoms with E-state index >= 15 is 0 Å². The molecule has 22 heavy (non-hydrogen) atoms. The van der Waals surface area contributed by atoms with Crippen LogP contribution in [0.15, 0.2) is 36.7 Å². The Bertz CT molecular complexity index is 684. The molecule has 7 heteroatoms. The van der Waals surface area contributed by atoms with Gasteiger partial charge < -0.3 is 10.4 Å². The first kappa shape index (κ1) is 14.2. The van der Waals surface area contributed by atoms with Crippen LogP contribution in [0.4, 0.5) is 5.69 Å². The van der Waals surface area contributed by atoms with E-state index in [2.05, 4.69) is 15.6 Å². The largest absolute Gasteiger partial charge is 0.481 e. The molecule has 0 radical (unpaired) electrons. The molecule has 1 heterocycles. The Hall–Kier alpha value is -2.70. The minimum absolute atomic E-state index is 0.125. The first-order valence-electron chi connectivity index (χ1n) is 7.14. The quantitative estimate of drug-likeness (QED) is 0.895. The first-order chi connectivity index (χ1) is 10.6. The molecule has 0 aliphatic heterocycles. The molecule has 0 saturated heterocycles. The van der Waals surface area contributed by atoms with Gasteiger partial charge in [-0.15, -0.1) is 5.10 Å². The number of hydrogen-bond acceptors (Lipinski definition) is 4. The molecule has 2 aromatic rings. The number of aliphatic carboxylic acids is 1. The third kappa shape index (κ3) is 2.98. The van der Waals surface area contributed by atoms with Crippen molar-refractivity contribution in [2.75, 3.05) is 5.32 Å². The summed E-state index contributed by atoms with van der Waals surface area (Å²) in [7, 11) is 0. The molecule has 0 spiro atoms. The second-order valence-electron chi connectivity index (χ2n) is 5.43. The zero-order chi connectivity index (χ0) is 15.5. The fourth-order valence-electron chi connectivity index (χ4n) is 2.76. The highest BCUT2D eigenvalue weighted by atomic mass is 16.4. The number of nitrogens with one attached hydrogen (secondary N) is 1. The Morgan fingerprint density at radius 1 is 1.27 bits per heavy atom. The molecule has 7 nitrogen and oxygen atoms in total. The molecule has 1 aliphatic carbocycles. The van der Waals surface area contributed by atoms with Gasteiger partial charge in [-0.1, -0.05) is 11.3 Å². The normalized spacial score (nSPS) is 20.7. The van der Waals surface area contributed by atoms with Crippen molar-refractivity contribution in [3.63, 3.8) is 0 Å². The Morgan fingerprint density at radius 2 is 2.09 bits per heavy atom. The third-order valence-corrected chi connectivity index (χ3v) is 3.95. The molecule has 1 aromatic heterocycles. The predicted molar refractivity (Wildman–Crippen MR) is 78.5 cm³/mol. The van der Waals surface area contributed by atoms with Crippen LogP contribution < -0.4 is 5.32 Å². The van der Waals surface area contributed by atoms with E-state index < -0.39 is 11.9 Å². The van der Waals surface area contributed by atoms with Crippen molar-refractivity contribution in [3.05, 3.63) is 36.7 Å². The van der Waals surface area contributed by atoms with E-state index in [-0.39, 0.29) is 11.8 Å². The lowest BCUT2D eigenvalue weighted by atomic mass is 10.0. The van der Waals surface area contributed by atoms with Crippen LogP contribution in [0.3, 0.4) is 0 Å². The van der Waals surface area contributed by atoms with Crippen LogP contribution in [0.5, 0.6) is 0 Å². The number of carboxylic acid groups (broad SMARTS) is 1. The molecule has 0 unspecified atom stereocenters. The van der Waals surface area contributed by atoms with Gasteiger partial charge in [0, 0.05) is 11.6 Å². The van der Waals surface area contributed by atoms with Gasteiger partial charge in [-0.3, -0.25) is 9.59 Å². The van der Waals surface area contributed by atoms with E-state index in [0.717, 1.165) is 5.69 Å². The van der Waals surface area contributed by atoms with Gasteiger partial charge in [-0.2, -0.15) is 0 Å². The lowest BCUT2D eigenvalue weighted by Gasteiger charge is -2.11. The maximum absolute atomic E-state index is 12.2. The number of anilines is 1. The van der Waals surface area contributed by atoms with E-state index in [1.165, 1.54) is 0 Å². The summed E-state index contributed by atoms with van der Waals surface area (Å²) >= 11 is 0. The molecule has 2 atom stereocenters. The van der Waals surface area contributed by atoms with Crippen LogP contribution in [-0.4, -0.2) is 32.0 Å². The smallest absolute Gasteiger partial charge is 0.306 e. The van der Waals surface area contributed by atoms with Crippen molar-refractivity contribution < 1.29 is 14.7 Å². The second kappa shape index (κ2) is 5.97. The van der Waals surface area contributed by atoms with Crippen LogP contribution in [0.1, 0.15) is 19.3 Å². The van der Waals surface area contributed by atoms with Crippen molar-refractivity contribution in [1.29, 1.82) is 0 Å². The summed E-state index contributed by atoms with van der Waals surface area (Å²) in [4.78, 5) is 23.2. The highest BCUT2D eigenvalue weighted by Gasteiger charge is 2.33. The topological polar surface area (TPSA) is 97.1 Å². The number of carbonyl (C=O) groups is 2. The summed E-state index contributed by atoms with van der Waals surface area (Å²) in [5.41, 5.74) is 1.46. The van der Waals surface area contributed by atoms with Crippen molar-refractivity contribution >= 4 is 17.6 Å². The number of amides is 1. The van der Waals surface area contributed by atoms with Crippen molar-refractivity contribution in [1.82, 2.24) is 15.0 Å². The maximum Gasteiger partial charge on any atom is 0.306 e. The zero-order valence-corrected chi connectivity index (χ0v) is 11.8. The minimum atomic E-state index is -0.816. The van der Waals surface area contributed by atoms with Gasteiger partial charge in [0.25, 0.3) is 0 Å². The summed E-state index contributed by atoms with van der Waals surface area (Å²) < 4.78 is 1.60. The predicted octanol–water partition coefficient (Wildman–Crippen LogP) is 1.71. The number of aromatic nitrogens is 3. The van der Waals surface area contributed by atoms with Crippen LogP contribution in [0, 0.1) is 11.8 Å². The molecule has 114 valence electrons. The lowest BCUT2D eigenvalue weighted by molar-refractivity contribution is -0.141. The van der Waals surface area contributed by atoms with Crippen LogP contribution in [0.2, 0.25) is 0 Å². The molecule has 2 N–H and O–H groups in total. The number of carboxylic acids is 1. The molecule has 3 rings (SSSR count). The third-order valence-electron chi connectivity index (χ3n) is 3.95. The van der Waals surface area contributed by atoms with Crippen molar-refractivity contribution in [3.8, 4) is 5.69 Å². The van der Waals surface area contributed by atoms with Gasteiger partial charge in [0.2, 0.25) is 5.91 Å². The van der Waals surface area contributed by atoms with Crippen LogP contribution >= 0.6 is 0 Å². The molecule has 1 aromatic carbocycles. The summed E-state index contributed by atoms with van der Waals surface area (Å²) in [6.07, 6.45) is 4.88. The van der Waals surface area contributed by atoms with Crippen LogP contribution in [0.25, 0.3) is 5.69 Å². The van der Waals surface area contributed by atoms with E-state index in [0.29, 0.717) is 24.9 Å². The number of rotatable bonds is 4. The summed E-state index contributed by atoms with van der Waals surface area (Å²) in [5, 5.41) is 19.5. The molecular weight excluding hydrogens is 284 g/mol. The van der Waals surface area contributed by atoms with E-state index in [9.17, 15) is 9.59 Å². The maximum atomic E-state index is 12.2. The molecular formula is C15H16N4O3. The Kier molecular flexibility index (Phi) is 3.86. The van der Waals surface area contributed by atoms with Gasteiger partial charge in [0.05, 0.1) is 24.0 Å². The summed E-state index contributed by atoms with van der Waals surface area (Å²) in [5.74, 6) is -1.59. The molecule has 1 fully saturated rings. The van der Waals surface area contributed by atoms with E-state index in [1.54, 1.807) is 29.2 Å². The highest BCUT2D eigenvalue weighted by molar-refractivity contribution is 5.93. The van der Waals surface area contributed by atoms with Gasteiger partial charge in [0.15, 0.2) is 0 Å². The molecule has 0 bridgehead atoms. The summed E-state index contributed by atoms with van der Waals surface area (Å²) in [6, 6.07) is 7.28. The van der Waals surface area contributed by atoms with E-state index in [4.69, 9.17) is 5.11 Å². The SMILES string of the molecule is O=C(O)[C@@H]1CC[C@H](C(=O)Nc2cccc(-n3ccnn3)c2)C1. The number of nitrogens with zero attached hydrogens (tertiary/aromatic N) is 3. The Balaban J connectivity index is 1.67. The highest BCUT2D eigenvalue weighted by Crippen LogP contribution is 2.32. The molecule has 1 amide bonds. The number of carbonyl (C=O) groups excluding carboxylic acids is 1. The zero-order valence-electron chi connectivity index (χ0n) is 11.8. The van der Waals surface area contributed by atoms with Gasteiger partial charge in [-0.25, -0.2) is 4.68 Å². The number of hydrogen-bond donors (Lipinski definition) is 2. The minimum Gasteiger partial charge on any atom is -0.481 e. The second-order valence-corrected chi connectivity index (χ2v) is 5.43. The van der Waals surface area contributed by atoms with E-state index in [1.807, 2.05) is 12.1 Å². The van der Waals surface area contributed by atoms with Gasteiger partial charge in [0.1, 0.15) is 0 Å². The number of benzene rings is 1. The van der Waals surface area contributed by atoms with Crippen molar-refractivity contribution in [2.45, 2.75) is 19.3 Å². The Morgan fingerprint density at radius 3 is 2.77 bits per heavy atom. The van der Waals surface area contributed by atoms with Gasteiger partial charge >= 0.3 is 5.97 Å². The van der Waals surface area contributed by atoms with Crippen molar-refractivity contribution in [2.24, 2.45) is 11.8 Å². The standard InChI is InChI=1S/C15H16N4O3/c20-14(10-4-5-11(8-10)15(21)22)17-12-2-1-3-13(9-12)19-7-6-16-18-19/h1-3,6-7,9-11H,4-5,8H2,(H,17,20)(H,21,22)/t10-,11+/m0/s1. The average molecular weight is 300 g/mol. The molecule has 1 aliphatic rings. The van der Waals surface area contributed by atoms with Crippen LogP contribution in [-0.2, 0) is 9.59 Å². The summed E-state index contributed by atoms with van der Waals surface area (Å²) in [6.45, 7) is 0. The fourth-order valence-corrected chi connectivity index (χ4v) is 2.76. The fraction of sp³-hybridized carbons (Fsp3) is 0.333. The lowest BCUT2D eigenvalue weighted by Crippen LogP contribution is -2.21. The van der Waals surface area contributed by atoms with Gasteiger partial charge in [-0.05, 0) is 37.5 Å². The molecule has 1 saturated carbocycles. The Labute approximate surface area is 126 Å². The average Bonchev–Trinajstić information content (AvgIpc) is 3.19. The first-order valence-corrected chi connectivity index (χ1v) is 7.14.